The zero-order chi connectivity index (χ0) is 13.5. The predicted octanol–water partition coefficient (Wildman–Crippen LogP) is 4.26. The lowest BCUT2D eigenvalue weighted by Gasteiger charge is -2.20. The minimum absolute atomic E-state index is 0.263. The molecule has 0 rings (SSSR count). The van der Waals surface area contributed by atoms with E-state index in [4.69, 9.17) is 9.78 Å². The summed E-state index contributed by atoms with van der Waals surface area (Å²) in [5.41, 5.74) is -0.0499. The van der Waals surface area contributed by atoms with E-state index in [0.29, 0.717) is 11.8 Å². The largest absolute Gasteiger partial charge is 0.342 e. The molecule has 0 N–H and O–H groups in total. The molecular formula is C14H28O3. The van der Waals surface area contributed by atoms with E-state index in [2.05, 4.69) is 20.8 Å². The predicted molar refractivity (Wildman–Crippen MR) is 69.5 cm³/mol. The van der Waals surface area contributed by atoms with E-state index in [1.807, 2.05) is 20.8 Å². The van der Waals surface area contributed by atoms with Crippen molar-refractivity contribution in [1.29, 1.82) is 0 Å². The molecule has 0 fully saturated rings. The van der Waals surface area contributed by atoms with E-state index in [1.54, 1.807) is 0 Å². The fourth-order valence-electron chi connectivity index (χ4n) is 1.18. The molecule has 0 aliphatic heterocycles. The summed E-state index contributed by atoms with van der Waals surface area (Å²) in [6, 6.07) is 0. The molecule has 3 heteroatoms. The van der Waals surface area contributed by atoms with Gasteiger partial charge in [0.2, 0.25) is 0 Å². The standard InChI is InChI=1S/C14H28O3/c1-7-14(5,6)17-16-12(15)10-8-9-11-13(2,3)4/h7-11H2,1-6H3. The Bertz CT molecular complexity index is 226. The van der Waals surface area contributed by atoms with Gasteiger partial charge < -0.3 is 0 Å². The highest BCUT2D eigenvalue weighted by Gasteiger charge is 2.19. The molecule has 0 aliphatic carbocycles. The summed E-state index contributed by atoms with van der Waals surface area (Å²) in [4.78, 5) is 21.3. The third kappa shape index (κ3) is 10.3. The van der Waals surface area contributed by atoms with Gasteiger partial charge in [-0.2, -0.15) is 4.89 Å². The van der Waals surface area contributed by atoms with E-state index in [0.717, 1.165) is 25.7 Å². The van der Waals surface area contributed by atoms with Gasteiger partial charge in [-0.1, -0.05) is 34.1 Å². The van der Waals surface area contributed by atoms with Crippen LogP contribution in [0.2, 0.25) is 0 Å². The Morgan fingerprint density at radius 3 is 2.12 bits per heavy atom. The Morgan fingerprint density at radius 2 is 1.65 bits per heavy atom. The summed E-state index contributed by atoms with van der Waals surface area (Å²) in [6.07, 6.45) is 4.30. The fraction of sp³-hybridized carbons (Fsp3) is 0.929. The number of hydrogen-bond donors (Lipinski definition) is 0. The van der Waals surface area contributed by atoms with Gasteiger partial charge in [0.1, 0.15) is 5.60 Å². The summed E-state index contributed by atoms with van der Waals surface area (Å²) in [7, 11) is 0. The van der Waals surface area contributed by atoms with Crippen LogP contribution in [0.25, 0.3) is 0 Å². The molecule has 0 aromatic rings. The minimum atomic E-state index is -0.388. The first-order valence-electron chi connectivity index (χ1n) is 6.55. The minimum Gasteiger partial charge on any atom is -0.298 e. The molecule has 0 bridgehead atoms. The molecule has 3 nitrogen and oxygen atoms in total. The smallest absolute Gasteiger partial charge is 0.298 e. The maximum Gasteiger partial charge on any atom is 0.342 e. The maximum absolute atomic E-state index is 11.4. The van der Waals surface area contributed by atoms with E-state index in [-0.39, 0.29) is 11.6 Å². The Kier molecular flexibility index (Phi) is 6.76. The molecule has 0 radical (unpaired) electrons. The average Bonchev–Trinajstić information content (AvgIpc) is 2.20. The molecule has 0 spiro atoms. The molecule has 0 aliphatic rings. The molecule has 0 unspecified atom stereocenters. The van der Waals surface area contributed by atoms with E-state index < -0.39 is 0 Å². The molecule has 0 amide bonds. The van der Waals surface area contributed by atoms with Crippen molar-refractivity contribution in [1.82, 2.24) is 0 Å². The highest BCUT2D eigenvalue weighted by atomic mass is 17.2. The SMILES string of the molecule is CCC(C)(C)OOC(=O)CCCCC(C)(C)C. The molecular weight excluding hydrogens is 216 g/mol. The lowest BCUT2D eigenvalue weighted by atomic mass is 9.89. The molecule has 0 aromatic heterocycles. The molecule has 0 atom stereocenters. The van der Waals surface area contributed by atoms with Crippen LogP contribution in [-0.2, 0) is 14.6 Å². The Balaban J connectivity index is 3.61. The normalized spacial score (nSPS) is 12.6. The van der Waals surface area contributed by atoms with E-state index in [1.165, 1.54) is 0 Å². The molecule has 0 heterocycles. The monoisotopic (exact) mass is 244 g/mol. The zero-order valence-corrected chi connectivity index (χ0v) is 12.3. The van der Waals surface area contributed by atoms with Crippen molar-refractivity contribution in [3.05, 3.63) is 0 Å². The highest BCUT2D eigenvalue weighted by Crippen LogP contribution is 2.22. The average molecular weight is 244 g/mol. The van der Waals surface area contributed by atoms with Gasteiger partial charge in [0.15, 0.2) is 0 Å². The van der Waals surface area contributed by atoms with Crippen molar-refractivity contribution in [2.45, 2.75) is 79.2 Å². The Labute approximate surface area is 106 Å². The number of unbranched alkanes of at least 4 members (excludes halogenated alkanes) is 1. The van der Waals surface area contributed by atoms with Crippen molar-refractivity contribution in [2.24, 2.45) is 5.41 Å². The summed E-state index contributed by atoms with van der Waals surface area (Å²) in [5.74, 6) is -0.263. The molecule has 0 saturated heterocycles. The Morgan fingerprint density at radius 1 is 1.06 bits per heavy atom. The van der Waals surface area contributed by atoms with Crippen LogP contribution in [0, 0.1) is 5.41 Å². The molecule has 17 heavy (non-hydrogen) atoms. The first kappa shape index (κ1) is 16.4. The number of hydrogen-bond acceptors (Lipinski definition) is 3. The van der Waals surface area contributed by atoms with Crippen LogP contribution in [0.3, 0.4) is 0 Å². The van der Waals surface area contributed by atoms with Gasteiger partial charge in [-0.3, -0.25) is 4.89 Å². The molecule has 0 saturated carbocycles. The second-order valence-electron chi connectivity index (χ2n) is 6.42. The molecule has 102 valence electrons. The lowest BCUT2D eigenvalue weighted by Crippen LogP contribution is -2.25. The third-order valence-electron chi connectivity index (χ3n) is 2.77. The first-order chi connectivity index (χ1) is 7.66. The van der Waals surface area contributed by atoms with Crippen LogP contribution in [0.15, 0.2) is 0 Å². The van der Waals surface area contributed by atoms with E-state index in [9.17, 15) is 4.79 Å². The third-order valence-corrected chi connectivity index (χ3v) is 2.77. The number of rotatable bonds is 7. The summed E-state index contributed by atoms with van der Waals surface area (Å²) >= 11 is 0. The van der Waals surface area contributed by atoms with Gasteiger partial charge in [-0.25, -0.2) is 4.79 Å². The van der Waals surface area contributed by atoms with Gasteiger partial charge in [0.05, 0.1) is 0 Å². The quantitative estimate of drug-likeness (QED) is 0.381. The second-order valence-corrected chi connectivity index (χ2v) is 6.42. The Hall–Kier alpha value is -0.570. The van der Waals surface area contributed by atoms with Crippen molar-refractivity contribution in [3.63, 3.8) is 0 Å². The van der Waals surface area contributed by atoms with Crippen LogP contribution in [0.1, 0.15) is 73.6 Å². The second kappa shape index (κ2) is 7.00. The van der Waals surface area contributed by atoms with E-state index >= 15 is 0 Å². The van der Waals surface area contributed by atoms with Crippen molar-refractivity contribution in [2.75, 3.05) is 0 Å². The van der Waals surface area contributed by atoms with Gasteiger partial charge in [0.25, 0.3) is 0 Å². The maximum atomic E-state index is 11.4. The summed E-state index contributed by atoms with van der Waals surface area (Å²) in [6.45, 7) is 12.4. The molecule has 0 aromatic carbocycles. The number of carbonyl (C=O) groups is 1. The van der Waals surface area contributed by atoms with Crippen LogP contribution in [0.4, 0.5) is 0 Å². The van der Waals surface area contributed by atoms with Gasteiger partial charge >= 0.3 is 5.97 Å². The fourth-order valence-corrected chi connectivity index (χ4v) is 1.18. The highest BCUT2D eigenvalue weighted by molar-refractivity contribution is 5.68. The number of carbonyl (C=O) groups excluding carboxylic acids is 1. The van der Waals surface area contributed by atoms with Gasteiger partial charge in [-0.15, -0.1) is 0 Å². The topological polar surface area (TPSA) is 35.5 Å². The van der Waals surface area contributed by atoms with Crippen molar-refractivity contribution >= 4 is 5.97 Å². The zero-order valence-electron chi connectivity index (χ0n) is 12.3. The van der Waals surface area contributed by atoms with Crippen LogP contribution in [-0.4, -0.2) is 11.6 Å². The summed E-state index contributed by atoms with van der Waals surface area (Å²) in [5, 5.41) is 0. The lowest BCUT2D eigenvalue weighted by molar-refractivity contribution is -0.325. The van der Waals surface area contributed by atoms with Crippen LogP contribution >= 0.6 is 0 Å². The van der Waals surface area contributed by atoms with Crippen molar-refractivity contribution < 1.29 is 14.6 Å². The van der Waals surface area contributed by atoms with Gasteiger partial charge in [0, 0.05) is 6.42 Å². The summed E-state index contributed by atoms with van der Waals surface area (Å²) < 4.78 is 0. The van der Waals surface area contributed by atoms with Crippen LogP contribution < -0.4 is 0 Å². The first-order valence-corrected chi connectivity index (χ1v) is 6.55. The van der Waals surface area contributed by atoms with Crippen molar-refractivity contribution in [3.8, 4) is 0 Å². The van der Waals surface area contributed by atoms with Crippen LogP contribution in [0.5, 0.6) is 0 Å². The van der Waals surface area contributed by atoms with Gasteiger partial charge in [-0.05, 0) is 38.5 Å².